The Morgan fingerprint density at radius 2 is 1.65 bits per heavy atom. The summed E-state index contributed by atoms with van der Waals surface area (Å²) in [4.78, 5) is 29.0. The minimum Gasteiger partial charge on any atom is -0.493 e. The van der Waals surface area contributed by atoms with Gasteiger partial charge in [-0.25, -0.2) is 0 Å². The molecule has 3 aromatic carbocycles. The van der Waals surface area contributed by atoms with Gasteiger partial charge in [-0.05, 0) is 104 Å². The molecule has 1 saturated carbocycles. The number of hydrogen-bond acceptors (Lipinski definition) is 5. The molecular weight excluding hydrogens is 564 g/mol. The molecule has 0 spiro atoms. The van der Waals surface area contributed by atoms with Gasteiger partial charge in [0.05, 0.1) is 31.3 Å². The maximum Gasteiger partial charge on any atom is 0.232 e. The first-order chi connectivity index (χ1) is 20.6. The number of carbonyl (C=O) groups is 2. The Hall–Kier alpha value is -3.55. The number of amides is 2. The lowest BCUT2D eigenvalue weighted by atomic mass is 9.71. The molecule has 1 saturated heterocycles. The van der Waals surface area contributed by atoms with Crippen molar-refractivity contribution < 1.29 is 24.2 Å². The Labute approximate surface area is 258 Å². The van der Waals surface area contributed by atoms with E-state index in [2.05, 4.69) is 0 Å². The van der Waals surface area contributed by atoms with E-state index in [-0.39, 0.29) is 36.2 Å². The van der Waals surface area contributed by atoms with Crippen LogP contribution in [0, 0.1) is 17.8 Å². The lowest BCUT2D eigenvalue weighted by Crippen LogP contribution is -2.49. The highest BCUT2D eigenvalue weighted by molar-refractivity contribution is 6.30. The molecule has 0 radical (unpaired) electrons. The van der Waals surface area contributed by atoms with E-state index in [1.54, 1.807) is 7.11 Å². The molecule has 2 aliphatic heterocycles. The summed E-state index contributed by atoms with van der Waals surface area (Å²) >= 11 is 6.26. The number of carbonyl (C=O) groups excluding carboxylic acids is 2. The van der Waals surface area contributed by atoms with E-state index < -0.39 is 11.6 Å². The van der Waals surface area contributed by atoms with Crippen molar-refractivity contribution in [2.24, 2.45) is 17.8 Å². The molecule has 0 aromatic heterocycles. The average Bonchev–Trinajstić information content (AvgIpc) is 3.27. The first-order valence-electron chi connectivity index (χ1n) is 15.1. The third kappa shape index (κ3) is 5.38. The second-order valence-electron chi connectivity index (χ2n) is 12.6. The number of rotatable bonds is 8. The Bertz CT molecular complexity index is 1490. The van der Waals surface area contributed by atoms with Gasteiger partial charge in [0.1, 0.15) is 0 Å². The van der Waals surface area contributed by atoms with Crippen LogP contribution in [0.25, 0.3) is 0 Å². The van der Waals surface area contributed by atoms with Crippen LogP contribution >= 0.6 is 11.6 Å². The van der Waals surface area contributed by atoms with E-state index in [9.17, 15) is 14.7 Å². The monoisotopic (exact) mass is 602 g/mol. The molecule has 6 rings (SSSR count). The molecule has 2 fully saturated rings. The fourth-order valence-corrected chi connectivity index (χ4v) is 7.87. The molecule has 1 aliphatic carbocycles. The van der Waals surface area contributed by atoms with Crippen LogP contribution in [0.4, 0.5) is 5.69 Å². The Morgan fingerprint density at radius 3 is 2.23 bits per heavy atom. The molecule has 2 amide bonds. The molecule has 226 valence electrons. The van der Waals surface area contributed by atoms with Crippen LogP contribution < -0.4 is 14.4 Å². The van der Waals surface area contributed by atoms with Crippen molar-refractivity contribution in [3.63, 3.8) is 0 Å². The fourth-order valence-electron chi connectivity index (χ4n) is 7.74. The Morgan fingerprint density at radius 1 is 1.00 bits per heavy atom. The minimum absolute atomic E-state index is 0.0363. The Balaban J connectivity index is 1.38. The van der Waals surface area contributed by atoms with Crippen molar-refractivity contribution in [2.45, 2.75) is 57.8 Å². The molecule has 5 atom stereocenters. The summed E-state index contributed by atoms with van der Waals surface area (Å²) in [5.41, 5.74) is 3.30. The van der Waals surface area contributed by atoms with E-state index in [0.29, 0.717) is 29.6 Å². The van der Waals surface area contributed by atoms with Crippen molar-refractivity contribution >= 4 is 29.6 Å². The van der Waals surface area contributed by atoms with Crippen molar-refractivity contribution in [1.29, 1.82) is 0 Å². The normalized spacial score (nSPS) is 24.5. The highest BCUT2D eigenvalue weighted by Crippen LogP contribution is 2.51. The summed E-state index contributed by atoms with van der Waals surface area (Å²) in [5.74, 6) is 1.81. The second-order valence-corrected chi connectivity index (χ2v) is 13.1. The van der Waals surface area contributed by atoms with E-state index in [1.165, 1.54) is 0 Å². The van der Waals surface area contributed by atoms with Crippen LogP contribution in [0.3, 0.4) is 0 Å². The highest BCUT2D eigenvalue weighted by atomic mass is 35.5. The Kier molecular flexibility index (Phi) is 7.90. The highest BCUT2D eigenvalue weighted by Gasteiger charge is 2.50. The third-order valence-electron chi connectivity index (χ3n) is 9.53. The number of likely N-dealkylation sites (tertiary alicyclic amines) is 1. The van der Waals surface area contributed by atoms with Gasteiger partial charge in [0.2, 0.25) is 12.3 Å². The first kappa shape index (κ1) is 29.5. The summed E-state index contributed by atoms with van der Waals surface area (Å²) in [7, 11) is 1.61. The molecule has 2 heterocycles. The summed E-state index contributed by atoms with van der Waals surface area (Å²) < 4.78 is 11.8. The van der Waals surface area contributed by atoms with Crippen molar-refractivity contribution in [1.82, 2.24) is 4.90 Å². The van der Waals surface area contributed by atoms with E-state index in [1.807, 2.05) is 91.2 Å². The molecule has 43 heavy (non-hydrogen) atoms. The van der Waals surface area contributed by atoms with E-state index in [0.717, 1.165) is 47.2 Å². The lowest BCUT2D eigenvalue weighted by Gasteiger charge is -2.44. The van der Waals surface area contributed by atoms with Gasteiger partial charge in [0.15, 0.2) is 11.5 Å². The number of benzene rings is 3. The molecular formula is C35H39ClN2O5. The van der Waals surface area contributed by atoms with Crippen molar-refractivity contribution in [3.8, 4) is 11.5 Å². The van der Waals surface area contributed by atoms with Crippen molar-refractivity contribution in [3.05, 3.63) is 87.9 Å². The summed E-state index contributed by atoms with van der Waals surface area (Å²) in [5, 5.41) is 12.5. The average molecular weight is 603 g/mol. The third-order valence-corrected chi connectivity index (χ3v) is 9.78. The number of aliphatic hydroxyl groups is 1. The fraction of sp³-hybridized carbons (Fsp3) is 0.429. The molecule has 2 unspecified atom stereocenters. The molecule has 8 heteroatoms. The number of halogens is 1. The van der Waals surface area contributed by atoms with Gasteiger partial charge in [0, 0.05) is 29.7 Å². The summed E-state index contributed by atoms with van der Waals surface area (Å²) in [6.07, 6.45) is 3.14. The molecule has 3 aliphatic rings. The van der Waals surface area contributed by atoms with Gasteiger partial charge in [-0.1, -0.05) is 35.9 Å². The standard InChI is InChI=1S/C35H39ClN2O5/c1-21(2)43-31-17-29-25(15-30(31)42-4)16-32(40)38(34(29)22-7-11-27(36)12-8-22)28-13-9-26(10-14-28)35(3,41)33-23-5-6-24(33)19-37(18-23)20-39/h7-15,17,20-21,23-24,33-34,41H,5-6,16,18-19H2,1-4H3/t23-,24+,33?,34-,35?/m0/s1. The molecule has 2 bridgehead atoms. The quantitative estimate of drug-likeness (QED) is 0.314. The summed E-state index contributed by atoms with van der Waals surface area (Å²) in [6.45, 7) is 7.22. The van der Waals surface area contributed by atoms with Gasteiger partial charge in [0.25, 0.3) is 0 Å². The molecule has 1 N–H and O–H groups in total. The van der Waals surface area contributed by atoms with Gasteiger partial charge in [-0.2, -0.15) is 0 Å². The smallest absolute Gasteiger partial charge is 0.232 e. The minimum atomic E-state index is -1.05. The van der Waals surface area contributed by atoms with Crippen LogP contribution in [0.15, 0.2) is 60.7 Å². The molecule has 7 nitrogen and oxygen atoms in total. The van der Waals surface area contributed by atoms with Gasteiger partial charge in [-0.15, -0.1) is 0 Å². The largest absolute Gasteiger partial charge is 0.493 e. The first-order valence-corrected chi connectivity index (χ1v) is 15.5. The van der Waals surface area contributed by atoms with Gasteiger partial charge >= 0.3 is 0 Å². The molecule has 3 aromatic rings. The van der Waals surface area contributed by atoms with Crippen LogP contribution in [-0.4, -0.2) is 48.6 Å². The van der Waals surface area contributed by atoms with Crippen LogP contribution in [0.2, 0.25) is 5.02 Å². The SMILES string of the molecule is COc1cc2c(cc1OC(C)C)[C@H](c1ccc(Cl)cc1)N(c1ccc(C(C)(O)C3[C@@H]4CC[C@H]3CN(C=O)C4)cc1)C(=O)C2. The van der Waals surface area contributed by atoms with Crippen molar-refractivity contribution in [2.75, 3.05) is 25.1 Å². The number of nitrogens with zero attached hydrogens (tertiary/aromatic N) is 2. The number of methoxy groups -OCH3 is 1. The maximum atomic E-state index is 13.9. The topological polar surface area (TPSA) is 79.3 Å². The zero-order valence-corrected chi connectivity index (χ0v) is 25.9. The zero-order chi connectivity index (χ0) is 30.5. The van der Waals surface area contributed by atoms with E-state index >= 15 is 0 Å². The number of piperidine rings is 1. The summed E-state index contributed by atoms with van der Waals surface area (Å²) in [6, 6.07) is 18.9. The maximum absolute atomic E-state index is 13.9. The number of fused-ring (bicyclic) bond motifs is 3. The number of ether oxygens (including phenoxy) is 2. The predicted molar refractivity (Wildman–Crippen MR) is 167 cm³/mol. The van der Waals surface area contributed by atoms with Gasteiger partial charge in [-0.3, -0.25) is 9.59 Å². The van der Waals surface area contributed by atoms with Gasteiger partial charge < -0.3 is 24.4 Å². The van der Waals surface area contributed by atoms with Crippen LogP contribution in [0.1, 0.15) is 61.9 Å². The van der Waals surface area contributed by atoms with E-state index in [4.69, 9.17) is 21.1 Å². The second kappa shape index (κ2) is 11.5. The number of anilines is 1. The van der Waals surface area contributed by atoms with Crippen LogP contribution in [-0.2, 0) is 21.6 Å². The number of hydrogen-bond donors (Lipinski definition) is 1. The lowest BCUT2D eigenvalue weighted by molar-refractivity contribution is -0.125. The van der Waals surface area contributed by atoms with Crippen LogP contribution in [0.5, 0.6) is 11.5 Å². The zero-order valence-electron chi connectivity index (χ0n) is 25.1. The predicted octanol–water partition coefficient (Wildman–Crippen LogP) is 6.14.